The van der Waals surface area contributed by atoms with Gasteiger partial charge in [0.05, 0.1) is 10.9 Å². The van der Waals surface area contributed by atoms with Crippen LogP contribution in [0.5, 0.6) is 0 Å². The molecule has 2 aromatic heterocycles. The largest absolute Gasteiger partial charge is 0.244 e. The van der Waals surface area contributed by atoms with Crippen LogP contribution in [0.15, 0.2) is 18.6 Å². The van der Waals surface area contributed by atoms with Gasteiger partial charge in [0.15, 0.2) is 0 Å². The molecule has 0 bridgehead atoms. The maximum Gasteiger partial charge on any atom is 0.141 e. The van der Waals surface area contributed by atoms with E-state index in [-0.39, 0.29) is 0 Å². The van der Waals surface area contributed by atoms with Crippen molar-refractivity contribution in [2.24, 2.45) is 0 Å². The highest BCUT2D eigenvalue weighted by Crippen LogP contribution is 2.21. The van der Waals surface area contributed by atoms with Gasteiger partial charge in [-0.25, -0.2) is 15.0 Å². The molecule has 0 saturated heterocycles. The van der Waals surface area contributed by atoms with Crippen molar-refractivity contribution in [1.82, 2.24) is 15.0 Å². The molecular weight excluding hydrogens is 197 g/mol. The first-order valence-corrected chi connectivity index (χ1v) is 3.95. The van der Waals surface area contributed by atoms with Crippen LogP contribution in [0.3, 0.4) is 0 Å². The van der Waals surface area contributed by atoms with E-state index in [0.717, 1.165) is 0 Å². The molecule has 3 nitrogen and oxygen atoms in total. The topological polar surface area (TPSA) is 38.7 Å². The van der Waals surface area contributed by atoms with E-state index in [1.54, 1.807) is 12.3 Å². The van der Waals surface area contributed by atoms with Crippen LogP contribution in [-0.4, -0.2) is 15.0 Å². The van der Waals surface area contributed by atoms with Crippen LogP contribution in [-0.2, 0) is 0 Å². The van der Waals surface area contributed by atoms with Gasteiger partial charge in [-0.15, -0.1) is 0 Å². The molecule has 0 unspecified atom stereocenters. The van der Waals surface area contributed by atoms with Crippen molar-refractivity contribution in [3.63, 3.8) is 0 Å². The molecule has 0 saturated carbocycles. The predicted octanol–water partition coefficient (Wildman–Crippen LogP) is 2.33. The molecule has 2 aromatic rings. The van der Waals surface area contributed by atoms with E-state index in [1.807, 2.05) is 0 Å². The van der Waals surface area contributed by atoms with Gasteiger partial charge in [-0.3, -0.25) is 0 Å². The van der Waals surface area contributed by atoms with Gasteiger partial charge in [0.1, 0.15) is 16.6 Å². The lowest BCUT2D eigenvalue weighted by Gasteiger charge is -1.97. The fraction of sp³-hybridized carbons (Fsp3) is 0. The third-order valence-electron chi connectivity index (χ3n) is 1.43. The second kappa shape index (κ2) is 2.84. The lowest BCUT2D eigenvalue weighted by molar-refractivity contribution is 1.21. The zero-order chi connectivity index (χ0) is 8.55. The van der Waals surface area contributed by atoms with E-state index in [2.05, 4.69) is 15.0 Å². The maximum absolute atomic E-state index is 5.79. The van der Waals surface area contributed by atoms with E-state index < -0.39 is 0 Å². The molecule has 0 aliphatic rings. The fourth-order valence-electron chi connectivity index (χ4n) is 0.912. The van der Waals surface area contributed by atoms with Crippen molar-refractivity contribution in [2.75, 3.05) is 0 Å². The quantitative estimate of drug-likeness (QED) is 0.612. The monoisotopic (exact) mass is 199 g/mol. The number of pyridine rings is 1. The van der Waals surface area contributed by atoms with Gasteiger partial charge in [-0.1, -0.05) is 23.2 Å². The van der Waals surface area contributed by atoms with Gasteiger partial charge in [0.2, 0.25) is 0 Å². The molecule has 0 fully saturated rings. The highest BCUT2D eigenvalue weighted by Gasteiger charge is 2.02. The third-order valence-corrected chi connectivity index (χ3v) is 1.91. The van der Waals surface area contributed by atoms with E-state index >= 15 is 0 Å². The predicted molar refractivity (Wildman–Crippen MR) is 47.4 cm³/mol. The summed E-state index contributed by atoms with van der Waals surface area (Å²) in [4.78, 5) is 11.7. The molecule has 2 rings (SSSR count). The molecule has 60 valence electrons. The summed E-state index contributed by atoms with van der Waals surface area (Å²) < 4.78 is 0. The standard InChI is InChI=1S/C7H3Cl2N3/c8-6-1-5-4(7(9)12-6)2-10-3-11-5/h1-3H. The van der Waals surface area contributed by atoms with Gasteiger partial charge >= 0.3 is 0 Å². The van der Waals surface area contributed by atoms with Crippen LogP contribution in [0.1, 0.15) is 0 Å². The lowest BCUT2D eigenvalue weighted by atomic mass is 10.3. The molecule has 2 heterocycles. The Morgan fingerprint density at radius 1 is 1.25 bits per heavy atom. The van der Waals surface area contributed by atoms with Gasteiger partial charge in [-0.05, 0) is 0 Å². The Hall–Kier alpha value is -0.930. The molecule has 0 aliphatic carbocycles. The first-order chi connectivity index (χ1) is 5.77. The first kappa shape index (κ1) is 7.71. The zero-order valence-electron chi connectivity index (χ0n) is 5.83. The Morgan fingerprint density at radius 2 is 2.08 bits per heavy atom. The van der Waals surface area contributed by atoms with Crippen molar-refractivity contribution < 1.29 is 0 Å². The highest BCUT2D eigenvalue weighted by molar-refractivity contribution is 6.36. The van der Waals surface area contributed by atoms with Crippen molar-refractivity contribution in [2.45, 2.75) is 0 Å². The highest BCUT2D eigenvalue weighted by atomic mass is 35.5. The molecule has 5 heteroatoms. The van der Waals surface area contributed by atoms with Gasteiger partial charge in [0, 0.05) is 12.3 Å². The second-order valence-corrected chi connectivity index (χ2v) is 2.94. The summed E-state index contributed by atoms with van der Waals surface area (Å²) in [7, 11) is 0. The van der Waals surface area contributed by atoms with E-state index in [4.69, 9.17) is 23.2 Å². The van der Waals surface area contributed by atoms with Crippen molar-refractivity contribution >= 4 is 34.1 Å². The van der Waals surface area contributed by atoms with Crippen LogP contribution in [0, 0.1) is 0 Å². The summed E-state index contributed by atoms with van der Waals surface area (Å²) in [5, 5.41) is 1.38. The van der Waals surface area contributed by atoms with Crippen LogP contribution in [0.25, 0.3) is 10.9 Å². The molecule has 0 aliphatic heterocycles. The van der Waals surface area contributed by atoms with Crippen LogP contribution < -0.4 is 0 Å². The average molecular weight is 200 g/mol. The number of hydrogen-bond donors (Lipinski definition) is 0. The van der Waals surface area contributed by atoms with E-state index in [1.165, 1.54) is 6.33 Å². The van der Waals surface area contributed by atoms with E-state index in [9.17, 15) is 0 Å². The molecule has 0 aromatic carbocycles. The number of halogens is 2. The van der Waals surface area contributed by atoms with Crippen LogP contribution in [0.4, 0.5) is 0 Å². The maximum atomic E-state index is 5.79. The number of nitrogens with zero attached hydrogens (tertiary/aromatic N) is 3. The minimum absolute atomic E-state index is 0.332. The summed E-state index contributed by atoms with van der Waals surface area (Å²) in [6.45, 7) is 0. The minimum atomic E-state index is 0.332. The summed E-state index contributed by atoms with van der Waals surface area (Å²) >= 11 is 11.5. The summed E-state index contributed by atoms with van der Waals surface area (Å²) in [5.74, 6) is 0. The molecule has 0 radical (unpaired) electrons. The Labute approximate surface area is 78.4 Å². The SMILES string of the molecule is Clc1cc2ncncc2c(Cl)n1. The van der Waals surface area contributed by atoms with Gasteiger partial charge in [0.25, 0.3) is 0 Å². The molecular formula is C7H3Cl2N3. The lowest BCUT2D eigenvalue weighted by Crippen LogP contribution is -1.85. The number of rotatable bonds is 0. The molecule has 12 heavy (non-hydrogen) atoms. The number of hydrogen-bond acceptors (Lipinski definition) is 3. The normalized spacial score (nSPS) is 10.5. The minimum Gasteiger partial charge on any atom is -0.244 e. The molecule has 0 amide bonds. The second-order valence-electron chi connectivity index (χ2n) is 2.19. The zero-order valence-corrected chi connectivity index (χ0v) is 7.34. The Kier molecular flexibility index (Phi) is 1.83. The Balaban J connectivity index is 2.89. The van der Waals surface area contributed by atoms with Crippen LogP contribution >= 0.6 is 23.2 Å². The third kappa shape index (κ3) is 1.21. The van der Waals surface area contributed by atoms with Crippen LogP contribution in [0.2, 0.25) is 10.3 Å². The van der Waals surface area contributed by atoms with Crippen molar-refractivity contribution in [3.05, 3.63) is 28.9 Å². The van der Waals surface area contributed by atoms with Gasteiger partial charge in [-0.2, -0.15) is 0 Å². The number of aromatic nitrogens is 3. The number of fused-ring (bicyclic) bond motifs is 1. The van der Waals surface area contributed by atoms with E-state index in [0.29, 0.717) is 21.2 Å². The summed E-state index contributed by atoms with van der Waals surface area (Å²) in [5.41, 5.74) is 0.704. The fourth-order valence-corrected chi connectivity index (χ4v) is 1.38. The Bertz CT molecular complexity index is 430. The average Bonchev–Trinajstić information content (AvgIpc) is 2.04. The smallest absolute Gasteiger partial charge is 0.141 e. The molecule has 0 N–H and O–H groups in total. The van der Waals surface area contributed by atoms with Crippen molar-refractivity contribution in [1.29, 1.82) is 0 Å². The van der Waals surface area contributed by atoms with Gasteiger partial charge < -0.3 is 0 Å². The Morgan fingerprint density at radius 3 is 2.92 bits per heavy atom. The summed E-state index contributed by atoms with van der Waals surface area (Å²) in [6, 6.07) is 1.64. The van der Waals surface area contributed by atoms with Crippen molar-refractivity contribution in [3.8, 4) is 0 Å². The molecule has 0 spiro atoms. The summed E-state index contributed by atoms with van der Waals surface area (Å²) in [6.07, 6.45) is 3.04. The first-order valence-electron chi connectivity index (χ1n) is 3.19. The molecule has 0 atom stereocenters.